The smallest absolute Gasteiger partial charge is 0.227 e. The van der Waals surface area contributed by atoms with Crippen LogP contribution in [0.5, 0.6) is 0 Å². The summed E-state index contributed by atoms with van der Waals surface area (Å²) in [5.41, 5.74) is 0. The number of carbonyl (C=O) groups excluding carboxylic acids is 1. The average molecular weight is 196 g/mol. The number of piperidine rings is 1. The Hall–Kier alpha value is -0.570. The fourth-order valence-electron chi connectivity index (χ4n) is 2.56. The van der Waals surface area contributed by atoms with Crippen LogP contribution < -0.4 is 5.32 Å². The molecular weight excluding hydrogens is 176 g/mol. The molecule has 3 heteroatoms. The van der Waals surface area contributed by atoms with Gasteiger partial charge in [0.05, 0.1) is 5.92 Å². The summed E-state index contributed by atoms with van der Waals surface area (Å²) in [6.07, 6.45) is 4.60. The van der Waals surface area contributed by atoms with E-state index >= 15 is 0 Å². The van der Waals surface area contributed by atoms with E-state index in [0.29, 0.717) is 11.9 Å². The zero-order valence-electron chi connectivity index (χ0n) is 8.96. The lowest BCUT2D eigenvalue weighted by Crippen LogP contribution is -2.44. The van der Waals surface area contributed by atoms with Gasteiger partial charge >= 0.3 is 0 Å². The van der Waals surface area contributed by atoms with Crippen molar-refractivity contribution in [2.45, 2.75) is 38.6 Å². The zero-order valence-corrected chi connectivity index (χ0v) is 8.96. The van der Waals surface area contributed by atoms with Crippen molar-refractivity contribution in [3.8, 4) is 0 Å². The van der Waals surface area contributed by atoms with Gasteiger partial charge in [0.15, 0.2) is 0 Å². The summed E-state index contributed by atoms with van der Waals surface area (Å²) >= 11 is 0. The number of likely N-dealkylation sites (tertiary alicyclic amines) is 1. The molecule has 2 atom stereocenters. The van der Waals surface area contributed by atoms with Crippen LogP contribution in [0.3, 0.4) is 0 Å². The molecule has 2 aliphatic heterocycles. The summed E-state index contributed by atoms with van der Waals surface area (Å²) < 4.78 is 0. The molecule has 0 aliphatic carbocycles. The lowest BCUT2D eigenvalue weighted by Gasteiger charge is -2.29. The van der Waals surface area contributed by atoms with Crippen LogP contribution in [0.2, 0.25) is 0 Å². The minimum absolute atomic E-state index is 0.254. The Kier molecular flexibility index (Phi) is 3.06. The van der Waals surface area contributed by atoms with E-state index in [1.54, 1.807) is 0 Å². The van der Waals surface area contributed by atoms with Crippen molar-refractivity contribution < 1.29 is 4.79 Å². The molecule has 0 radical (unpaired) electrons. The number of hydrogen-bond donors (Lipinski definition) is 1. The molecule has 0 aromatic heterocycles. The van der Waals surface area contributed by atoms with Gasteiger partial charge in [0.1, 0.15) is 0 Å². The van der Waals surface area contributed by atoms with Gasteiger partial charge < -0.3 is 10.2 Å². The standard InChI is InChI=1S/C11H20N2O/c1-9-4-3-7-13(9)11(14)10-5-2-6-12-8-10/h9-10,12H,2-8H2,1H3/t9?,10-/m1/s1. The molecule has 1 N–H and O–H groups in total. The topological polar surface area (TPSA) is 32.3 Å². The molecule has 3 nitrogen and oxygen atoms in total. The zero-order chi connectivity index (χ0) is 9.97. The van der Waals surface area contributed by atoms with E-state index in [0.717, 1.165) is 32.5 Å². The van der Waals surface area contributed by atoms with Crippen LogP contribution in [-0.4, -0.2) is 36.5 Å². The van der Waals surface area contributed by atoms with Crippen molar-refractivity contribution in [1.82, 2.24) is 10.2 Å². The maximum absolute atomic E-state index is 12.1. The van der Waals surface area contributed by atoms with Gasteiger partial charge in [0.2, 0.25) is 5.91 Å². The van der Waals surface area contributed by atoms with Crippen LogP contribution in [-0.2, 0) is 4.79 Å². The van der Waals surface area contributed by atoms with Crippen LogP contribution >= 0.6 is 0 Å². The van der Waals surface area contributed by atoms with Crippen molar-refractivity contribution in [3.05, 3.63) is 0 Å². The van der Waals surface area contributed by atoms with Gasteiger partial charge in [-0.25, -0.2) is 0 Å². The molecule has 2 rings (SSSR count). The van der Waals surface area contributed by atoms with Crippen molar-refractivity contribution in [2.24, 2.45) is 5.92 Å². The third-order valence-corrected chi connectivity index (χ3v) is 3.48. The SMILES string of the molecule is CC1CCCN1C(=O)[C@@H]1CCCNC1. The monoisotopic (exact) mass is 196 g/mol. The average Bonchev–Trinajstić information content (AvgIpc) is 2.65. The number of rotatable bonds is 1. The molecule has 0 aromatic carbocycles. The number of amides is 1. The van der Waals surface area contributed by atoms with Crippen molar-refractivity contribution >= 4 is 5.91 Å². The molecular formula is C11H20N2O. The largest absolute Gasteiger partial charge is 0.340 e. The maximum atomic E-state index is 12.1. The fourth-order valence-corrected chi connectivity index (χ4v) is 2.56. The molecule has 0 aromatic rings. The van der Waals surface area contributed by atoms with Gasteiger partial charge in [-0.1, -0.05) is 0 Å². The first-order valence-electron chi connectivity index (χ1n) is 5.80. The fraction of sp³-hybridized carbons (Fsp3) is 0.909. The first-order valence-corrected chi connectivity index (χ1v) is 5.80. The minimum atomic E-state index is 0.254. The van der Waals surface area contributed by atoms with Crippen LogP contribution in [0.25, 0.3) is 0 Å². The van der Waals surface area contributed by atoms with E-state index < -0.39 is 0 Å². The van der Waals surface area contributed by atoms with E-state index in [-0.39, 0.29) is 5.92 Å². The Labute approximate surface area is 85.8 Å². The van der Waals surface area contributed by atoms with Gasteiger partial charge in [-0.2, -0.15) is 0 Å². The predicted octanol–water partition coefficient (Wildman–Crippen LogP) is 0.997. The Bertz CT molecular complexity index is 211. The highest BCUT2D eigenvalue weighted by Gasteiger charge is 2.31. The van der Waals surface area contributed by atoms with E-state index in [4.69, 9.17) is 0 Å². The van der Waals surface area contributed by atoms with E-state index in [1.807, 2.05) is 0 Å². The first-order chi connectivity index (χ1) is 6.79. The van der Waals surface area contributed by atoms with Crippen LogP contribution in [0.4, 0.5) is 0 Å². The molecule has 1 unspecified atom stereocenters. The number of nitrogens with zero attached hydrogens (tertiary/aromatic N) is 1. The Morgan fingerprint density at radius 3 is 2.79 bits per heavy atom. The summed E-state index contributed by atoms with van der Waals surface area (Å²) in [5, 5.41) is 3.31. The molecule has 2 aliphatic rings. The predicted molar refractivity (Wildman–Crippen MR) is 56.0 cm³/mol. The molecule has 14 heavy (non-hydrogen) atoms. The van der Waals surface area contributed by atoms with Crippen LogP contribution in [0.15, 0.2) is 0 Å². The lowest BCUT2D eigenvalue weighted by molar-refractivity contribution is -0.136. The molecule has 80 valence electrons. The minimum Gasteiger partial charge on any atom is -0.340 e. The van der Waals surface area contributed by atoms with E-state index in [9.17, 15) is 4.79 Å². The molecule has 2 fully saturated rings. The maximum Gasteiger partial charge on any atom is 0.227 e. The Balaban J connectivity index is 1.92. The van der Waals surface area contributed by atoms with Crippen molar-refractivity contribution in [1.29, 1.82) is 0 Å². The molecule has 0 spiro atoms. The summed E-state index contributed by atoms with van der Waals surface area (Å²) in [7, 11) is 0. The highest BCUT2D eigenvalue weighted by atomic mass is 16.2. The van der Waals surface area contributed by atoms with E-state index in [1.165, 1.54) is 12.8 Å². The second-order valence-corrected chi connectivity index (χ2v) is 4.57. The van der Waals surface area contributed by atoms with Gasteiger partial charge in [-0.3, -0.25) is 4.79 Å². The second kappa shape index (κ2) is 4.30. The summed E-state index contributed by atoms with van der Waals surface area (Å²) in [6, 6.07) is 0.476. The third-order valence-electron chi connectivity index (χ3n) is 3.48. The van der Waals surface area contributed by atoms with Gasteiger partial charge in [0, 0.05) is 19.1 Å². The van der Waals surface area contributed by atoms with Crippen LogP contribution in [0, 0.1) is 5.92 Å². The quantitative estimate of drug-likeness (QED) is 0.678. The summed E-state index contributed by atoms with van der Waals surface area (Å²) in [5.74, 6) is 0.645. The second-order valence-electron chi connectivity index (χ2n) is 4.57. The van der Waals surface area contributed by atoms with Crippen LogP contribution in [0.1, 0.15) is 32.6 Å². The molecule has 0 bridgehead atoms. The van der Waals surface area contributed by atoms with Gasteiger partial charge in [0.25, 0.3) is 0 Å². The number of carbonyl (C=O) groups is 1. The highest BCUT2D eigenvalue weighted by molar-refractivity contribution is 5.79. The Morgan fingerprint density at radius 1 is 1.36 bits per heavy atom. The third kappa shape index (κ3) is 1.92. The molecule has 0 saturated carbocycles. The summed E-state index contributed by atoms with van der Waals surface area (Å²) in [6.45, 7) is 5.12. The van der Waals surface area contributed by atoms with Gasteiger partial charge in [-0.05, 0) is 39.2 Å². The van der Waals surface area contributed by atoms with Crippen molar-refractivity contribution in [2.75, 3.05) is 19.6 Å². The molecule has 2 heterocycles. The van der Waals surface area contributed by atoms with E-state index in [2.05, 4.69) is 17.1 Å². The van der Waals surface area contributed by atoms with Crippen molar-refractivity contribution in [3.63, 3.8) is 0 Å². The van der Waals surface area contributed by atoms with Gasteiger partial charge in [-0.15, -0.1) is 0 Å². The number of hydrogen-bond acceptors (Lipinski definition) is 2. The molecule has 1 amide bonds. The lowest BCUT2D eigenvalue weighted by atomic mass is 9.98. The summed E-state index contributed by atoms with van der Waals surface area (Å²) in [4.78, 5) is 14.2. The normalized spacial score (nSPS) is 33.4. The Morgan fingerprint density at radius 2 is 2.21 bits per heavy atom. The molecule has 2 saturated heterocycles. The first kappa shape index (κ1) is 9.97. The highest BCUT2D eigenvalue weighted by Crippen LogP contribution is 2.21. The number of nitrogens with one attached hydrogen (secondary N) is 1.